The molecule has 15 heavy (non-hydrogen) atoms. The molecule has 0 amide bonds. The molecule has 0 atom stereocenters. The summed E-state index contributed by atoms with van der Waals surface area (Å²) in [6, 6.07) is 1.86. The molecule has 0 radical (unpaired) electrons. The van der Waals surface area contributed by atoms with Crippen molar-refractivity contribution < 1.29 is 13.2 Å². The topological polar surface area (TPSA) is 12.9 Å². The Kier molecular flexibility index (Phi) is 4.04. The molecule has 1 aromatic rings. The van der Waals surface area contributed by atoms with Crippen LogP contribution < -0.4 is 0 Å². The lowest BCUT2D eigenvalue weighted by molar-refractivity contribution is -0.137. The third-order valence-corrected chi connectivity index (χ3v) is 1.76. The Bertz CT molecular complexity index is 390. The number of hydrogen-bond acceptors (Lipinski definition) is 2. The van der Waals surface area contributed by atoms with Crippen LogP contribution in [-0.2, 0) is 6.18 Å². The van der Waals surface area contributed by atoms with Gasteiger partial charge in [0.15, 0.2) is 0 Å². The third kappa shape index (κ3) is 3.84. The number of alkyl halides is 3. The van der Waals surface area contributed by atoms with Crippen molar-refractivity contribution in [3.63, 3.8) is 0 Å². The van der Waals surface area contributed by atoms with Crippen LogP contribution in [0.25, 0.3) is 0 Å². The van der Waals surface area contributed by atoms with E-state index >= 15 is 0 Å². The lowest BCUT2D eigenvalue weighted by atomic mass is 10.2. The van der Waals surface area contributed by atoms with E-state index in [-0.39, 0.29) is 5.69 Å². The van der Waals surface area contributed by atoms with E-state index in [9.17, 15) is 13.2 Å². The predicted molar refractivity (Wildman–Crippen MR) is 54.6 cm³/mol. The van der Waals surface area contributed by atoms with E-state index < -0.39 is 11.7 Å². The van der Waals surface area contributed by atoms with Crippen LogP contribution in [0.1, 0.15) is 17.7 Å². The van der Waals surface area contributed by atoms with E-state index in [1.54, 1.807) is 0 Å². The average Bonchev–Trinajstić information content (AvgIpc) is 2.17. The summed E-state index contributed by atoms with van der Waals surface area (Å²) in [6.07, 6.45) is -2.71. The lowest BCUT2D eigenvalue weighted by Crippen LogP contribution is -2.05. The van der Waals surface area contributed by atoms with Crippen LogP contribution in [-0.4, -0.2) is 10.7 Å². The molecule has 0 aliphatic heterocycles. The molecular formula is C10H8F3NS. The highest BCUT2D eigenvalue weighted by atomic mass is 32.1. The second-order valence-corrected chi connectivity index (χ2v) is 3.15. The normalized spacial score (nSPS) is 10.7. The van der Waals surface area contributed by atoms with Gasteiger partial charge in [-0.25, -0.2) is 4.98 Å². The second-order valence-electron chi connectivity index (χ2n) is 2.70. The van der Waals surface area contributed by atoms with Crippen LogP contribution >= 0.6 is 12.6 Å². The van der Waals surface area contributed by atoms with Gasteiger partial charge in [-0.1, -0.05) is 5.92 Å². The second kappa shape index (κ2) is 5.08. The van der Waals surface area contributed by atoms with Crippen LogP contribution in [0.5, 0.6) is 0 Å². The van der Waals surface area contributed by atoms with E-state index in [1.165, 1.54) is 0 Å². The summed E-state index contributed by atoms with van der Waals surface area (Å²) in [5, 5.41) is 0. The smallest absolute Gasteiger partial charge is 0.248 e. The Balaban J connectivity index is 2.90. The Morgan fingerprint density at radius 1 is 1.40 bits per heavy atom. The molecule has 0 spiro atoms. The third-order valence-electron chi connectivity index (χ3n) is 1.54. The van der Waals surface area contributed by atoms with Gasteiger partial charge in [0.1, 0.15) is 5.69 Å². The Labute approximate surface area is 91.1 Å². The largest absolute Gasteiger partial charge is 0.416 e. The summed E-state index contributed by atoms with van der Waals surface area (Å²) in [6.45, 7) is 0. The fourth-order valence-electron chi connectivity index (χ4n) is 0.884. The molecule has 0 fully saturated rings. The first-order valence-electron chi connectivity index (χ1n) is 4.17. The van der Waals surface area contributed by atoms with Crippen LogP contribution in [0.15, 0.2) is 18.3 Å². The molecule has 0 aliphatic carbocycles. The van der Waals surface area contributed by atoms with Gasteiger partial charge in [0, 0.05) is 18.4 Å². The van der Waals surface area contributed by atoms with Gasteiger partial charge in [-0.2, -0.15) is 25.8 Å². The van der Waals surface area contributed by atoms with E-state index in [1.807, 2.05) is 0 Å². The molecule has 0 N–H and O–H groups in total. The number of aromatic nitrogens is 1. The van der Waals surface area contributed by atoms with Crippen LogP contribution in [0.4, 0.5) is 13.2 Å². The molecule has 80 valence electrons. The zero-order valence-corrected chi connectivity index (χ0v) is 8.57. The first-order valence-corrected chi connectivity index (χ1v) is 4.80. The van der Waals surface area contributed by atoms with E-state index in [4.69, 9.17) is 0 Å². The first-order chi connectivity index (χ1) is 7.04. The molecule has 1 aromatic heterocycles. The zero-order valence-electron chi connectivity index (χ0n) is 7.67. The maximum atomic E-state index is 12.3. The van der Waals surface area contributed by atoms with E-state index in [2.05, 4.69) is 29.5 Å². The van der Waals surface area contributed by atoms with Crippen molar-refractivity contribution in [3.8, 4) is 11.8 Å². The van der Waals surface area contributed by atoms with Gasteiger partial charge >= 0.3 is 6.18 Å². The minimum atomic E-state index is -4.34. The molecule has 1 nitrogen and oxygen atoms in total. The summed E-state index contributed by atoms with van der Waals surface area (Å²) < 4.78 is 36.8. The lowest BCUT2D eigenvalue weighted by Gasteiger charge is -2.05. The number of hydrogen-bond donors (Lipinski definition) is 1. The number of pyridine rings is 1. The highest BCUT2D eigenvalue weighted by Gasteiger charge is 2.30. The van der Waals surface area contributed by atoms with Crippen molar-refractivity contribution in [2.75, 3.05) is 5.75 Å². The number of rotatable bonds is 1. The zero-order chi connectivity index (χ0) is 11.3. The maximum absolute atomic E-state index is 12.3. The van der Waals surface area contributed by atoms with Gasteiger partial charge in [0.05, 0.1) is 5.56 Å². The van der Waals surface area contributed by atoms with Crippen LogP contribution in [0.3, 0.4) is 0 Å². The minimum Gasteiger partial charge on any atom is -0.248 e. The maximum Gasteiger partial charge on any atom is 0.416 e. The first kappa shape index (κ1) is 11.9. The number of nitrogens with zero attached hydrogens (tertiary/aromatic N) is 1. The molecule has 0 saturated heterocycles. The van der Waals surface area contributed by atoms with Gasteiger partial charge < -0.3 is 0 Å². The standard InChI is InChI=1S/C10H8F3NS/c11-10(12,13)8-4-5-14-9(7-8)3-1-2-6-15/h4-5,7,15H,2,6H2. The van der Waals surface area contributed by atoms with Crippen molar-refractivity contribution in [1.82, 2.24) is 4.98 Å². The highest BCUT2D eigenvalue weighted by Crippen LogP contribution is 2.28. The van der Waals surface area contributed by atoms with Gasteiger partial charge in [0.25, 0.3) is 0 Å². The van der Waals surface area contributed by atoms with Gasteiger partial charge in [-0.3, -0.25) is 0 Å². The van der Waals surface area contributed by atoms with Gasteiger partial charge in [-0.05, 0) is 18.1 Å². The monoisotopic (exact) mass is 231 g/mol. The quantitative estimate of drug-likeness (QED) is 0.579. The fraction of sp³-hybridized carbons (Fsp3) is 0.300. The number of thiol groups is 1. The summed E-state index contributed by atoms with van der Waals surface area (Å²) in [5.74, 6) is 5.80. The van der Waals surface area contributed by atoms with Crippen molar-refractivity contribution in [1.29, 1.82) is 0 Å². The van der Waals surface area contributed by atoms with E-state index in [0.717, 1.165) is 18.3 Å². The predicted octanol–water partition coefficient (Wildman–Crippen LogP) is 2.77. The fourth-order valence-corrected chi connectivity index (χ4v) is 0.996. The molecule has 5 heteroatoms. The summed E-state index contributed by atoms with van der Waals surface area (Å²) in [4.78, 5) is 3.73. The molecule has 0 unspecified atom stereocenters. The molecule has 0 aliphatic rings. The number of halogens is 3. The molecular weight excluding hydrogens is 223 g/mol. The van der Waals surface area contributed by atoms with Gasteiger partial charge in [0.2, 0.25) is 0 Å². The average molecular weight is 231 g/mol. The van der Waals surface area contributed by atoms with Crippen LogP contribution in [0, 0.1) is 11.8 Å². The molecule has 1 rings (SSSR count). The summed E-state index contributed by atoms with van der Waals surface area (Å²) >= 11 is 3.93. The van der Waals surface area contributed by atoms with Crippen molar-refractivity contribution in [2.45, 2.75) is 12.6 Å². The van der Waals surface area contributed by atoms with Crippen molar-refractivity contribution >= 4 is 12.6 Å². The summed E-state index contributed by atoms with van der Waals surface area (Å²) in [7, 11) is 0. The summed E-state index contributed by atoms with van der Waals surface area (Å²) in [5.41, 5.74) is -0.598. The van der Waals surface area contributed by atoms with Crippen molar-refractivity contribution in [3.05, 3.63) is 29.6 Å². The Hall–Kier alpha value is -1.15. The SMILES string of the molecule is FC(F)(F)c1ccnc(C#CCCS)c1. The Morgan fingerprint density at radius 3 is 2.73 bits per heavy atom. The highest BCUT2D eigenvalue weighted by molar-refractivity contribution is 7.80. The molecule has 0 aromatic carbocycles. The van der Waals surface area contributed by atoms with Gasteiger partial charge in [-0.15, -0.1) is 0 Å². The van der Waals surface area contributed by atoms with Crippen molar-refractivity contribution in [2.24, 2.45) is 0 Å². The van der Waals surface area contributed by atoms with Crippen LogP contribution in [0.2, 0.25) is 0 Å². The molecule has 1 heterocycles. The molecule has 0 saturated carbocycles. The Morgan fingerprint density at radius 2 is 2.13 bits per heavy atom. The minimum absolute atomic E-state index is 0.131. The van der Waals surface area contributed by atoms with E-state index in [0.29, 0.717) is 12.2 Å². The molecule has 0 bridgehead atoms.